The molecule has 2 aromatic carbocycles. The Morgan fingerprint density at radius 1 is 1.00 bits per heavy atom. The second-order valence-corrected chi connectivity index (χ2v) is 4.77. The molecular formula is C14H12ClF3N2. The van der Waals surface area contributed by atoms with Gasteiger partial charge in [0.2, 0.25) is 0 Å². The Labute approximate surface area is 119 Å². The van der Waals surface area contributed by atoms with E-state index in [0.717, 1.165) is 12.1 Å². The minimum atomic E-state index is -0.954. The van der Waals surface area contributed by atoms with E-state index in [1.807, 2.05) is 0 Å². The van der Waals surface area contributed by atoms with Crippen molar-refractivity contribution in [1.29, 1.82) is 0 Å². The van der Waals surface area contributed by atoms with Crippen molar-refractivity contribution in [3.8, 4) is 0 Å². The first kappa shape index (κ1) is 14.8. The SMILES string of the molecule is NNC(Cc1ccc(F)c(F)c1)c1cc(Cl)ccc1F. The molecule has 1 unspecified atom stereocenters. The highest BCUT2D eigenvalue weighted by Crippen LogP contribution is 2.24. The van der Waals surface area contributed by atoms with Crippen molar-refractivity contribution < 1.29 is 13.2 Å². The summed E-state index contributed by atoms with van der Waals surface area (Å²) in [6.45, 7) is 0. The van der Waals surface area contributed by atoms with E-state index < -0.39 is 23.5 Å². The van der Waals surface area contributed by atoms with Crippen LogP contribution in [0.1, 0.15) is 17.2 Å². The van der Waals surface area contributed by atoms with Gasteiger partial charge in [-0.25, -0.2) is 13.2 Å². The van der Waals surface area contributed by atoms with Crippen molar-refractivity contribution in [3.63, 3.8) is 0 Å². The van der Waals surface area contributed by atoms with Crippen LogP contribution < -0.4 is 11.3 Å². The van der Waals surface area contributed by atoms with Gasteiger partial charge in [0.25, 0.3) is 0 Å². The van der Waals surface area contributed by atoms with Gasteiger partial charge in [-0.2, -0.15) is 0 Å². The van der Waals surface area contributed by atoms with Gasteiger partial charge < -0.3 is 0 Å². The molecule has 2 aromatic rings. The average molecular weight is 301 g/mol. The average Bonchev–Trinajstić information content (AvgIpc) is 2.43. The van der Waals surface area contributed by atoms with Crippen molar-refractivity contribution in [3.05, 3.63) is 70.0 Å². The van der Waals surface area contributed by atoms with Gasteiger partial charge in [-0.15, -0.1) is 0 Å². The molecule has 106 valence electrons. The standard InChI is InChI=1S/C14H12ClF3N2/c15-9-2-4-11(16)10(7-9)14(20-19)6-8-1-3-12(17)13(18)5-8/h1-5,7,14,20H,6,19H2. The Kier molecular flexibility index (Phi) is 4.65. The first-order valence-electron chi connectivity index (χ1n) is 5.86. The predicted octanol–water partition coefficient (Wildman–Crippen LogP) is 3.50. The van der Waals surface area contributed by atoms with Crippen LogP contribution in [0.2, 0.25) is 5.02 Å². The van der Waals surface area contributed by atoms with E-state index in [0.29, 0.717) is 10.6 Å². The van der Waals surface area contributed by atoms with Gasteiger partial charge in [-0.1, -0.05) is 17.7 Å². The van der Waals surface area contributed by atoms with Crippen molar-refractivity contribution in [2.24, 2.45) is 5.84 Å². The minimum absolute atomic E-state index is 0.199. The van der Waals surface area contributed by atoms with Crippen molar-refractivity contribution in [1.82, 2.24) is 5.43 Å². The normalized spacial score (nSPS) is 12.4. The van der Waals surface area contributed by atoms with Crippen LogP contribution in [0, 0.1) is 17.5 Å². The Hall–Kier alpha value is -1.56. The molecule has 0 saturated carbocycles. The van der Waals surface area contributed by atoms with E-state index >= 15 is 0 Å². The largest absolute Gasteiger partial charge is 0.271 e. The molecule has 2 rings (SSSR count). The van der Waals surface area contributed by atoms with Crippen LogP contribution in [0.3, 0.4) is 0 Å². The molecule has 0 aliphatic heterocycles. The van der Waals surface area contributed by atoms with Gasteiger partial charge in [0.05, 0.1) is 6.04 Å². The molecule has 0 radical (unpaired) electrons. The van der Waals surface area contributed by atoms with E-state index in [-0.39, 0.29) is 12.0 Å². The van der Waals surface area contributed by atoms with E-state index in [9.17, 15) is 13.2 Å². The third-order valence-corrected chi connectivity index (χ3v) is 3.19. The lowest BCUT2D eigenvalue weighted by Crippen LogP contribution is -2.30. The molecule has 0 saturated heterocycles. The molecule has 0 spiro atoms. The van der Waals surface area contributed by atoms with Gasteiger partial charge in [-0.05, 0) is 42.3 Å². The highest BCUT2D eigenvalue weighted by Gasteiger charge is 2.16. The molecule has 0 amide bonds. The summed E-state index contributed by atoms with van der Waals surface area (Å²) in [5.74, 6) is 3.06. The number of halogens is 4. The second-order valence-electron chi connectivity index (χ2n) is 4.34. The number of benzene rings is 2. The molecule has 3 N–H and O–H groups in total. The van der Waals surface area contributed by atoms with Crippen LogP contribution in [0.25, 0.3) is 0 Å². The molecule has 0 bridgehead atoms. The summed E-state index contributed by atoms with van der Waals surface area (Å²) in [7, 11) is 0. The zero-order valence-electron chi connectivity index (χ0n) is 10.3. The lowest BCUT2D eigenvalue weighted by molar-refractivity contribution is 0.495. The first-order valence-corrected chi connectivity index (χ1v) is 6.24. The maximum absolute atomic E-state index is 13.8. The number of hydrazine groups is 1. The summed E-state index contributed by atoms with van der Waals surface area (Å²) in [6.07, 6.45) is 0.199. The van der Waals surface area contributed by atoms with Crippen LogP contribution in [0.15, 0.2) is 36.4 Å². The smallest absolute Gasteiger partial charge is 0.159 e. The second kappa shape index (κ2) is 6.26. The lowest BCUT2D eigenvalue weighted by Gasteiger charge is -2.17. The summed E-state index contributed by atoms with van der Waals surface area (Å²) in [5.41, 5.74) is 3.21. The number of rotatable bonds is 4. The Balaban J connectivity index is 2.28. The minimum Gasteiger partial charge on any atom is -0.271 e. The molecule has 0 aliphatic rings. The summed E-state index contributed by atoms with van der Waals surface area (Å²) in [6, 6.07) is 7.00. The molecule has 0 aliphatic carbocycles. The molecule has 2 nitrogen and oxygen atoms in total. The van der Waals surface area contributed by atoms with E-state index in [4.69, 9.17) is 17.4 Å². The van der Waals surface area contributed by atoms with Crippen LogP contribution in [-0.4, -0.2) is 0 Å². The molecule has 0 aromatic heterocycles. The fourth-order valence-electron chi connectivity index (χ4n) is 1.94. The monoisotopic (exact) mass is 300 g/mol. The van der Waals surface area contributed by atoms with Crippen LogP contribution in [0.5, 0.6) is 0 Å². The molecule has 6 heteroatoms. The van der Waals surface area contributed by atoms with Crippen LogP contribution in [0.4, 0.5) is 13.2 Å². The highest BCUT2D eigenvalue weighted by molar-refractivity contribution is 6.30. The highest BCUT2D eigenvalue weighted by atomic mass is 35.5. The summed E-state index contributed by atoms with van der Waals surface area (Å²) >= 11 is 5.82. The predicted molar refractivity (Wildman–Crippen MR) is 71.5 cm³/mol. The van der Waals surface area contributed by atoms with Gasteiger partial charge in [0.1, 0.15) is 5.82 Å². The van der Waals surface area contributed by atoms with Crippen molar-refractivity contribution in [2.75, 3.05) is 0 Å². The van der Waals surface area contributed by atoms with E-state index in [1.54, 1.807) is 0 Å². The van der Waals surface area contributed by atoms with E-state index in [1.165, 1.54) is 24.3 Å². The Bertz CT molecular complexity index is 619. The van der Waals surface area contributed by atoms with E-state index in [2.05, 4.69) is 5.43 Å². The summed E-state index contributed by atoms with van der Waals surface area (Å²) in [5, 5.41) is 0.368. The van der Waals surface area contributed by atoms with Crippen LogP contribution >= 0.6 is 11.6 Å². The fraction of sp³-hybridized carbons (Fsp3) is 0.143. The van der Waals surface area contributed by atoms with Crippen molar-refractivity contribution in [2.45, 2.75) is 12.5 Å². The van der Waals surface area contributed by atoms with Gasteiger partial charge in [0.15, 0.2) is 11.6 Å². The van der Waals surface area contributed by atoms with Crippen molar-refractivity contribution >= 4 is 11.6 Å². The lowest BCUT2D eigenvalue weighted by atomic mass is 9.99. The molecule has 1 atom stereocenters. The van der Waals surface area contributed by atoms with Crippen LogP contribution in [-0.2, 0) is 6.42 Å². The third-order valence-electron chi connectivity index (χ3n) is 2.96. The zero-order chi connectivity index (χ0) is 14.7. The number of hydrogen-bond acceptors (Lipinski definition) is 2. The number of hydrogen-bond donors (Lipinski definition) is 2. The third kappa shape index (κ3) is 3.30. The molecule has 0 heterocycles. The Morgan fingerprint density at radius 3 is 2.35 bits per heavy atom. The van der Waals surface area contributed by atoms with Gasteiger partial charge in [-0.3, -0.25) is 11.3 Å². The molecule has 20 heavy (non-hydrogen) atoms. The topological polar surface area (TPSA) is 38.0 Å². The fourth-order valence-corrected chi connectivity index (χ4v) is 2.12. The summed E-state index contributed by atoms with van der Waals surface area (Å²) in [4.78, 5) is 0. The molecule has 0 fully saturated rings. The van der Waals surface area contributed by atoms with Gasteiger partial charge >= 0.3 is 0 Å². The quantitative estimate of drug-likeness (QED) is 0.670. The Morgan fingerprint density at radius 2 is 1.70 bits per heavy atom. The summed E-state index contributed by atoms with van der Waals surface area (Å²) < 4.78 is 39.8. The maximum atomic E-state index is 13.8. The number of nitrogens with one attached hydrogen (secondary N) is 1. The van der Waals surface area contributed by atoms with Gasteiger partial charge in [0, 0.05) is 10.6 Å². The zero-order valence-corrected chi connectivity index (χ0v) is 11.1. The molecular weight excluding hydrogens is 289 g/mol. The number of nitrogens with two attached hydrogens (primary N) is 1. The maximum Gasteiger partial charge on any atom is 0.159 e. The first-order chi connectivity index (χ1) is 9.51.